The maximum absolute atomic E-state index is 11.4. The van der Waals surface area contributed by atoms with E-state index in [1.54, 1.807) is 0 Å². The van der Waals surface area contributed by atoms with Crippen molar-refractivity contribution < 1.29 is 13.2 Å². The van der Waals surface area contributed by atoms with Gasteiger partial charge >= 0.3 is 0 Å². The molecule has 0 aromatic carbocycles. The topological polar surface area (TPSA) is 92.5 Å². The quantitative estimate of drug-likeness (QED) is 0.546. The number of sulfonamides is 1. The lowest BCUT2D eigenvalue weighted by molar-refractivity contribution is -0.121. The van der Waals surface area contributed by atoms with E-state index in [1.165, 1.54) is 14.1 Å². The molecule has 3 N–H and O–H groups in total. The normalized spacial score (nSPS) is 11.8. The first-order valence-corrected chi connectivity index (χ1v) is 7.88. The number of carbonyl (C=O) groups excluding carboxylic acids is 1. The molecule has 108 valence electrons. The summed E-state index contributed by atoms with van der Waals surface area (Å²) in [6, 6.07) is 0. The van der Waals surface area contributed by atoms with Crippen LogP contribution in [0.5, 0.6) is 0 Å². The fraction of sp³-hybridized carbons (Fsp3) is 0.909. The molecule has 6 nitrogen and oxygen atoms in total. The Morgan fingerprint density at radius 3 is 2.33 bits per heavy atom. The molecule has 0 rings (SSSR count). The number of unbranched alkanes of at least 4 members (excludes halogenated alkanes) is 3. The maximum Gasteiger partial charge on any atom is 0.220 e. The first kappa shape index (κ1) is 17.3. The molecule has 0 heterocycles. The molecule has 7 heteroatoms. The van der Waals surface area contributed by atoms with Crippen LogP contribution in [0, 0.1) is 0 Å². The molecule has 0 aliphatic carbocycles. The fourth-order valence-corrected chi connectivity index (χ4v) is 2.10. The largest absolute Gasteiger partial charge is 0.355 e. The smallest absolute Gasteiger partial charge is 0.220 e. The van der Waals surface area contributed by atoms with Gasteiger partial charge in [-0.3, -0.25) is 4.79 Å². The molecule has 0 saturated heterocycles. The number of nitrogens with two attached hydrogens (primary N) is 1. The summed E-state index contributed by atoms with van der Waals surface area (Å²) in [5, 5.41) is 2.62. The second kappa shape index (κ2) is 9.29. The zero-order valence-electron chi connectivity index (χ0n) is 11.3. The number of rotatable bonds is 10. The third kappa shape index (κ3) is 8.43. The number of amides is 1. The monoisotopic (exact) mass is 279 g/mol. The van der Waals surface area contributed by atoms with Crippen LogP contribution in [0.2, 0.25) is 0 Å². The van der Waals surface area contributed by atoms with E-state index in [9.17, 15) is 13.2 Å². The molecular formula is C11H25N3O3S. The second-order valence-corrected chi connectivity index (χ2v) is 6.70. The van der Waals surface area contributed by atoms with Crippen LogP contribution in [0.4, 0.5) is 0 Å². The third-order valence-corrected chi connectivity index (χ3v) is 4.43. The van der Waals surface area contributed by atoms with Gasteiger partial charge in [-0.05, 0) is 19.4 Å². The molecule has 0 radical (unpaired) electrons. The van der Waals surface area contributed by atoms with Crippen molar-refractivity contribution in [3.63, 3.8) is 0 Å². The van der Waals surface area contributed by atoms with Gasteiger partial charge in [0.1, 0.15) is 0 Å². The van der Waals surface area contributed by atoms with Gasteiger partial charge in [-0.2, -0.15) is 0 Å². The molecule has 0 aromatic rings. The van der Waals surface area contributed by atoms with Crippen LogP contribution >= 0.6 is 0 Å². The van der Waals surface area contributed by atoms with Crippen molar-refractivity contribution in [2.24, 2.45) is 5.73 Å². The molecule has 0 saturated carbocycles. The zero-order valence-corrected chi connectivity index (χ0v) is 12.1. The Labute approximate surface area is 110 Å². The highest BCUT2D eigenvalue weighted by atomic mass is 32.2. The molecule has 0 fully saturated rings. The van der Waals surface area contributed by atoms with Crippen LogP contribution in [-0.2, 0) is 14.8 Å². The first-order valence-electron chi connectivity index (χ1n) is 6.27. The number of hydrogen-bond donors (Lipinski definition) is 2. The lowest BCUT2D eigenvalue weighted by Gasteiger charge is -2.11. The van der Waals surface area contributed by atoms with E-state index in [0.29, 0.717) is 13.0 Å². The Bertz CT molecular complexity index is 328. The molecule has 0 atom stereocenters. The molecule has 1 amide bonds. The van der Waals surface area contributed by atoms with Crippen LogP contribution < -0.4 is 11.1 Å². The van der Waals surface area contributed by atoms with Gasteiger partial charge in [-0.15, -0.1) is 0 Å². The standard InChI is InChI=1S/C11H25N3O3S/c1-14(2)18(16,17)10-9-13-11(15)7-5-3-4-6-8-12/h3-10,12H2,1-2H3,(H,13,15). The van der Waals surface area contributed by atoms with E-state index in [2.05, 4.69) is 5.32 Å². The van der Waals surface area contributed by atoms with Crippen LogP contribution in [0.25, 0.3) is 0 Å². The van der Waals surface area contributed by atoms with Crippen LogP contribution in [0.3, 0.4) is 0 Å². The molecule has 0 aliphatic heterocycles. The highest BCUT2D eigenvalue weighted by Gasteiger charge is 2.13. The summed E-state index contributed by atoms with van der Waals surface area (Å²) in [4.78, 5) is 11.4. The number of nitrogens with zero attached hydrogens (tertiary/aromatic N) is 1. The zero-order chi connectivity index (χ0) is 14.0. The Hall–Kier alpha value is -0.660. The van der Waals surface area contributed by atoms with Crippen LogP contribution in [0.15, 0.2) is 0 Å². The molecular weight excluding hydrogens is 254 g/mol. The van der Waals surface area contributed by atoms with Gasteiger partial charge < -0.3 is 11.1 Å². The number of carbonyl (C=O) groups is 1. The van der Waals surface area contributed by atoms with Gasteiger partial charge in [-0.25, -0.2) is 12.7 Å². The summed E-state index contributed by atoms with van der Waals surface area (Å²) < 4.78 is 24.0. The molecule has 0 bridgehead atoms. The summed E-state index contributed by atoms with van der Waals surface area (Å²) in [6.45, 7) is 0.858. The minimum atomic E-state index is -3.22. The van der Waals surface area contributed by atoms with E-state index in [0.717, 1.165) is 30.0 Å². The molecule has 0 aliphatic rings. The second-order valence-electron chi connectivity index (χ2n) is 4.40. The van der Waals surface area contributed by atoms with Crippen molar-refractivity contribution in [3.8, 4) is 0 Å². The SMILES string of the molecule is CN(C)S(=O)(=O)CCNC(=O)CCCCCCN. The third-order valence-electron chi connectivity index (χ3n) is 2.60. The van der Waals surface area contributed by atoms with Crippen molar-refractivity contribution in [2.75, 3.05) is 32.9 Å². The van der Waals surface area contributed by atoms with E-state index < -0.39 is 10.0 Å². The van der Waals surface area contributed by atoms with Crippen molar-refractivity contribution >= 4 is 15.9 Å². The van der Waals surface area contributed by atoms with Gasteiger partial charge in [0.15, 0.2) is 0 Å². The van der Waals surface area contributed by atoms with Gasteiger partial charge in [0, 0.05) is 27.1 Å². The van der Waals surface area contributed by atoms with E-state index in [4.69, 9.17) is 5.73 Å². The van der Waals surface area contributed by atoms with E-state index in [1.807, 2.05) is 0 Å². The van der Waals surface area contributed by atoms with Crippen molar-refractivity contribution in [3.05, 3.63) is 0 Å². The summed E-state index contributed by atoms with van der Waals surface area (Å²) >= 11 is 0. The molecule has 0 unspecified atom stereocenters. The maximum atomic E-state index is 11.4. The average molecular weight is 279 g/mol. The molecule has 0 spiro atoms. The van der Waals surface area contributed by atoms with Crippen molar-refractivity contribution in [1.82, 2.24) is 9.62 Å². The highest BCUT2D eigenvalue weighted by Crippen LogP contribution is 2.01. The van der Waals surface area contributed by atoms with Crippen LogP contribution in [-0.4, -0.2) is 51.6 Å². The summed E-state index contributed by atoms with van der Waals surface area (Å²) in [5.41, 5.74) is 5.36. The van der Waals surface area contributed by atoms with Gasteiger partial charge in [0.05, 0.1) is 5.75 Å². The molecule has 18 heavy (non-hydrogen) atoms. The molecule has 0 aromatic heterocycles. The Kier molecular flexibility index (Phi) is 8.95. The highest BCUT2D eigenvalue weighted by molar-refractivity contribution is 7.89. The summed E-state index contributed by atoms with van der Waals surface area (Å²) in [7, 11) is -0.260. The predicted molar refractivity (Wildman–Crippen MR) is 72.6 cm³/mol. The van der Waals surface area contributed by atoms with Crippen molar-refractivity contribution in [2.45, 2.75) is 32.1 Å². The minimum Gasteiger partial charge on any atom is -0.355 e. The van der Waals surface area contributed by atoms with E-state index in [-0.39, 0.29) is 18.2 Å². The predicted octanol–water partition coefficient (Wildman–Crippen LogP) is -0.0968. The van der Waals surface area contributed by atoms with Crippen molar-refractivity contribution in [1.29, 1.82) is 0 Å². The average Bonchev–Trinajstić information content (AvgIpc) is 2.28. The minimum absolute atomic E-state index is 0.0566. The lowest BCUT2D eigenvalue weighted by atomic mass is 10.1. The Morgan fingerprint density at radius 2 is 1.78 bits per heavy atom. The van der Waals surface area contributed by atoms with Crippen LogP contribution in [0.1, 0.15) is 32.1 Å². The number of nitrogens with one attached hydrogen (secondary N) is 1. The number of hydrogen-bond acceptors (Lipinski definition) is 4. The van der Waals surface area contributed by atoms with Gasteiger partial charge in [0.2, 0.25) is 15.9 Å². The fourth-order valence-electron chi connectivity index (χ4n) is 1.37. The first-order chi connectivity index (χ1) is 8.40. The Morgan fingerprint density at radius 1 is 1.17 bits per heavy atom. The lowest BCUT2D eigenvalue weighted by Crippen LogP contribution is -2.33. The summed E-state index contributed by atoms with van der Waals surface area (Å²) in [5.74, 6) is -0.143. The van der Waals surface area contributed by atoms with Gasteiger partial charge in [0.25, 0.3) is 0 Å². The van der Waals surface area contributed by atoms with E-state index >= 15 is 0 Å². The Balaban J connectivity index is 3.60. The van der Waals surface area contributed by atoms with Gasteiger partial charge in [-0.1, -0.05) is 12.8 Å². The summed E-state index contributed by atoms with van der Waals surface area (Å²) in [6.07, 6.45) is 4.29.